The number of para-hydroxylation sites is 2. The minimum Gasteiger partial charge on any atom is -0.496 e. The molecule has 113 heavy (non-hydrogen) atoms. The van der Waals surface area contributed by atoms with Gasteiger partial charge in [-0.3, -0.25) is 30.3 Å². The lowest BCUT2D eigenvalue weighted by atomic mass is 10.0. The summed E-state index contributed by atoms with van der Waals surface area (Å²) in [7, 11) is 4.86. The van der Waals surface area contributed by atoms with Crippen LogP contribution in [0.1, 0.15) is 117 Å². The molecule has 12 aromatic rings. The molecule has 0 unspecified atom stereocenters. The number of aliphatic hydroxyl groups is 5. The van der Waals surface area contributed by atoms with E-state index in [0.717, 1.165) is 117 Å². The van der Waals surface area contributed by atoms with Crippen molar-refractivity contribution in [2.45, 2.75) is 60.7 Å². The van der Waals surface area contributed by atoms with E-state index in [9.17, 15) is 45.7 Å². The average Bonchev–Trinajstić information content (AvgIpc) is 0.858. The van der Waals surface area contributed by atoms with E-state index in [1.165, 1.54) is 41.0 Å². The summed E-state index contributed by atoms with van der Waals surface area (Å²) in [5.41, 5.74) is 21.0. The van der Waals surface area contributed by atoms with Gasteiger partial charge in [0.15, 0.2) is 0 Å². The second-order valence-electron chi connectivity index (χ2n) is 25.6. The molecule has 0 atom stereocenters. The summed E-state index contributed by atoms with van der Waals surface area (Å²) in [5, 5.41) is 78.0. The molecule has 0 radical (unpaired) electrons. The van der Waals surface area contributed by atoms with Crippen molar-refractivity contribution >= 4 is 90.0 Å². The molecule has 12 rings (SSSR count). The van der Waals surface area contributed by atoms with Crippen molar-refractivity contribution in [1.29, 1.82) is 0 Å². The zero-order valence-corrected chi connectivity index (χ0v) is 64.2. The van der Waals surface area contributed by atoms with Gasteiger partial charge in [0.2, 0.25) is 0 Å². The smallest absolute Gasteiger partial charge is 0.270 e. The monoisotopic (exact) mass is 1510 g/mol. The van der Waals surface area contributed by atoms with Crippen molar-refractivity contribution in [3.63, 3.8) is 0 Å². The molecule has 0 saturated carbocycles. The predicted octanol–water partition coefficient (Wildman–Crippen LogP) is 21.6. The Kier molecular flexibility index (Phi) is 35.9. The summed E-state index contributed by atoms with van der Waals surface area (Å²) in [6.45, 7) is 8.19. The molecule has 0 spiro atoms. The number of nitrogens with zero attached hydrogens (tertiary/aromatic N) is 3. The average molecular weight is 1510 g/mol. The summed E-state index contributed by atoms with van der Waals surface area (Å²) in [6, 6.07) is 84.7. The highest BCUT2D eigenvalue weighted by Gasteiger charge is 2.10. The van der Waals surface area contributed by atoms with Gasteiger partial charge in [-0.1, -0.05) is 326 Å². The van der Waals surface area contributed by atoms with Crippen LogP contribution in [0.15, 0.2) is 273 Å². The standard InChI is InChI=1S/C18H20O3.2C17H18O2.C15H13NO3.C15H13NO2.C14H11NO2/c1-13-3-5-17(12-20)16(9-13)8-7-15-6-4-14(11-19)10-18(15)21-2;2*1-13-6-8-14(9-7-13)10-11-15-4-3-5-16(12-18)17(15)19-2;17-11-14-8-5-12(6-9-14)4-7-13-2-1-3-15(10-13)16(18)19;1-12-5-7-13(8-6-12)9-10-14-3-2-4-15(11-14)16(17)18;16-15(17)14-8-4-7-13(11-14)10-9-12-5-2-1-3-6-12/h3-10,19-20H,11-12H2,1-2H3;2*3-11,18H,12H2,1-2H3;1-10,17H,11H2;2-11H,1H3;1-11H/b8-7+;2*11-10+;7-4+;2*10-9+. The van der Waals surface area contributed by atoms with Crippen LogP contribution in [0.2, 0.25) is 0 Å². The maximum Gasteiger partial charge on any atom is 0.270 e. The molecule has 0 aliphatic carbocycles. The van der Waals surface area contributed by atoms with E-state index in [1.54, 1.807) is 51.7 Å². The van der Waals surface area contributed by atoms with Crippen LogP contribution in [0.3, 0.4) is 0 Å². The van der Waals surface area contributed by atoms with E-state index < -0.39 is 4.92 Å². The second kappa shape index (κ2) is 46.8. The molecule has 0 bridgehead atoms. The number of benzene rings is 12. The third kappa shape index (κ3) is 29.4. The summed E-state index contributed by atoms with van der Waals surface area (Å²) in [6.07, 6.45) is 23.3. The van der Waals surface area contributed by atoms with Gasteiger partial charge >= 0.3 is 0 Å². The Morgan fingerprint density at radius 3 is 0.947 bits per heavy atom. The Hall–Kier alpha value is -13.5. The van der Waals surface area contributed by atoms with Gasteiger partial charge in [-0.15, -0.1) is 0 Å². The number of non-ortho nitro benzene ring substituents is 3. The number of ether oxygens (including phenoxy) is 3. The predicted molar refractivity (Wildman–Crippen MR) is 459 cm³/mol. The number of aryl methyl sites for hydroxylation is 4. The zero-order chi connectivity index (χ0) is 81.3. The minimum atomic E-state index is -0.409. The van der Waals surface area contributed by atoms with E-state index in [-0.39, 0.29) is 59.9 Å². The molecule has 0 amide bonds. The van der Waals surface area contributed by atoms with Gasteiger partial charge in [0.05, 0.1) is 69.1 Å². The second-order valence-corrected chi connectivity index (χ2v) is 25.6. The fourth-order valence-electron chi connectivity index (χ4n) is 10.9. The van der Waals surface area contributed by atoms with Crippen molar-refractivity contribution in [2.75, 3.05) is 21.3 Å². The maximum atomic E-state index is 10.7. The molecule has 0 heterocycles. The first-order chi connectivity index (χ1) is 54.7. The molecular formula is C96H93N3O14. The largest absolute Gasteiger partial charge is 0.496 e. The van der Waals surface area contributed by atoms with Crippen LogP contribution in [-0.4, -0.2) is 61.6 Å². The van der Waals surface area contributed by atoms with Crippen LogP contribution >= 0.6 is 0 Å². The van der Waals surface area contributed by atoms with Crippen molar-refractivity contribution in [3.05, 3.63) is 420 Å². The summed E-state index contributed by atoms with van der Waals surface area (Å²) >= 11 is 0. The topological polar surface area (TPSA) is 258 Å². The maximum absolute atomic E-state index is 10.7. The molecule has 0 aromatic heterocycles. The number of nitro groups is 3. The van der Waals surface area contributed by atoms with Crippen LogP contribution in [0.5, 0.6) is 17.2 Å². The Morgan fingerprint density at radius 1 is 0.265 bits per heavy atom. The molecule has 17 nitrogen and oxygen atoms in total. The Bertz CT molecular complexity index is 5100. The lowest BCUT2D eigenvalue weighted by Crippen LogP contribution is -1.94. The third-order valence-electron chi connectivity index (χ3n) is 17.2. The molecule has 17 heteroatoms. The minimum absolute atomic E-state index is 0.00705. The van der Waals surface area contributed by atoms with E-state index >= 15 is 0 Å². The van der Waals surface area contributed by atoms with Gasteiger partial charge in [-0.2, -0.15) is 0 Å². The van der Waals surface area contributed by atoms with Gasteiger partial charge in [0.25, 0.3) is 17.1 Å². The van der Waals surface area contributed by atoms with E-state index in [2.05, 4.69) is 62.4 Å². The van der Waals surface area contributed by atoms with Gasteiger partial charge in [-0.05, 0) is 101 Å². The molecule has 576 valence electrons. The highest BCUT2D eigenvalue weighted by Crippen LogP contribution is 2.29. The highest BCUT2D eigenvalue weighted by atomic mass is 16.6. The molecule has 0 fully saturated rings. The Labute approximate surface area is 660 Å². The number of nitro benzene ring substituents is 3. The van der Waals surface area contributed by atoms with Crippen LogP contribution in [0.25, 0.3) is 72.9 Å². The highest BCUT2D eigenvalue weighted by molar-refractivity contribution is 5.77. The number of rotatable bonds is 23. The van der Waals surface area contributed by atoms with Crippen LogP contribution in [0.4, 0.5) is 17.1 Å². The number of hydrogen-bond acceptors (Lipinski definition) is 14. The number of hydrogen-bond donors (Lipinski definition) is 5. The molecule has 5 N–H and O–H groups in total. The summed E-state index contributed by atoms with van der Waals surface area (Å²) in [4.78, 5) is 30.7. The SMILES string of the molecule is COc1c(/C=C/c2ccc(C)cc2)cccc1CO.COc1c(/C=C/c2ccc(C)cc2)cccc1CO.COc1cc(CO)ccc1/C=C/c1cc(C)ccc1CO.Cc1ccc(/C=C/c2cccc([N+](=O)[O-])c2)cc1.O=[N+]([O-])c1cccc(/C=C/c2ccc(CO)cc2)c1.O=[N+]([O-])c1cccc(/C=C/c2ccccc2)c1. The van der Waals surface area contributed by atoms with Crippen molar-refractivity contribution < 1.29 is 54.5 Å². The normalized spacial score (nSPS) is 10.8. The Morgan fingerprint density at radius 2 is 0.584 bits per heavy atom. The van der Waals surface area contributed by atoms with Crippen molar-refractivity contribution in [2.24, 2.45) is 0 Å². The van der Waals surface area contributed by atoms with Gasteiger partial charge in [0, 0.05) is 64.2 Å². The Balaban J connectivity index is 0.000000188. The molecule has 12 aromatic carbocycles. The van der Waals surface area contributed by atoms with Crippen molar-refractivity contribution in [1.82, 2.24) is 0 Å². The summed E-state index contributed by atoms with van der Waals surface area (Å²) in [5.74, 6) is 2.18. The third-order valence-corrected chi connectivity index (χ3v) is 17.2. The lowest BCUT2D eigenvalue weighted by Gasteiger charge is -2.09. The lowest BCUT2D eigenvalue weighted by molar-refractivity contribution is -0.385. The molecule has 0 aliphatic rings. The van der Waals surface area contributed by atoms with E-state index in [1.807, 2.05) is 257 Å². The van der Waals surface area contributed by atoms with Gasteiger partial charge in [0.1, 0.15) is 17.2 Å². The number of methoxy groups -OCH3 is 3. The van der Waals surface area contributed by atoms with E-state index in [0.29, 0.717) is 0 Å². The van der Waals surface area contributed by atoms with Crippen LogP contribution in [0, 0.1) is 58.0 Å². The summed E-state index contributed by atoms with van der Waals surface area (Å²) < 4.78 is 16.1. The zero-order valence-electron chi connectivity index (χ0n) is 64.2. The molecule has 0 saturated heterocycles. The van der Waals surface area contributed by atoms with Crippen LogP contribution < -0.4 is 14.2 Å². The fourth-order valence-corrected chi connectivity index (χ4v) is 10.9. The number of aliphatic hydroxyl groups excluding tert-OH is 5. The van der Waals surface area contributed by atoms with Gasteiger partial charge in [-0.25, -0.2) is 0 Å². The first-order valence-corrected chi connectivity index (χ1v) is 36.0. The first kappa shape index (κ1) is 86.7. The first-order valence-electron chi connectivity index (χ1n) is 36.0. The van der Waals surface area contributed by atoms with Crippen molar-refractivity contribution in [3.8, 4) is 17.2 Å². The van der Waals surface area contributed by atoms with Crippen LogP contribution in [-0.2, 0) is 33.0 Å². The molecule has 0 aliphatic heterocycles. The quantitative estimate of drug-likeness (QED) is 0.0227. The van der Waals surface area contributed by atoms with Gasteiger partial charge < -0.3 is 39.7 Å². The molecular weight excluding hydrogens is 1420 g/mol. The fraction of sp³-hybridized carbons (Fsp3) is 0.125. The van der Waals surface area contributed by atoms with E-state index in [4.69, 9.17) is 24.4 Å².